The highest BCUT2D eigenvalue weighted by Crippen LogP contribution is 2.26. The summed E-state index contributed by atoms with van der Waals surface area (Å²) in [6, 6.07) is 15.5. The molecule has 0 radical (unpaired) electrons. The smallest absolute Gasteiger partial charge is 0.251 e. The molecule has 7 nitrogen and oxygen atoms in total. The number of hydrogen-bond acceptors (Lipinski definition) is 4. The van der Waals surface area contributed by atoms with E-state index in [1.807, 2.05) is 48.5 Å². The van der Waals surface area contributed by atoms with Crippen LogP contribution in [0, 0.1) is 11.8 Å². The van der Waals surface area contributed by atoms with Gasteiger partial charge in [0.05, 0.1) is 17.8 Å². The fourth-order valence-corrected chi connectivity index (χ4v) is 4.24. The molecule has 1 aromatic heterocycles. The van der Waals surface area contributed by atoms with E-state index >= 15 is 0 Å². The van der Waals surface area contributed by atoms with Gasteiger partial charge in [-0.3, -0.25) is 19.6 Å². The Labute approximate surface area is 208 Å². The number of amides is 2. The Bertz CT molecular complexity index is 1080. The predicted molar refractivity (Wildman–Crippen MR) is 142 cm³/mol. The summed E-state index contributed by atoms with van der Waals surface area (Å²) in [5.41, 5.74) is 3.46. The summed E-state index contributed by atoms with van der Waals surface area (Å²) in [4.78, 5) is 27.0. The molecule has 0 atom stereocenters. The number of carbonyl (C=O) groups excluding carboxylic acids is 2. The molecule has 1 heterocycles. The Hall–Kier alpha value is -3.19. The second-order valence-electron chi connectivity index (χ2n) is 9.99. The molecular formula is C28H39N5O2. The summed E-state index contributed by atoms with van der Waals surface area (Å²) in [6.07, 6.45) is 1.64. The van der Waals surface area contributed by atoms with Crippen molar-refractivity contribution in [2.24, 2.45) is 11.8 Å². The Kier molecular flexibility index (Phi) is 9.85. The maximum Gasteiger partial charge on any atom is 0.251 e. The molecule has 2 amide bonds. The van der Waals surface area contributed by atoms with Crippen LogP contribution in [-0.2, 0) is 4.79 Å². The summed E-state index contributed by atoms with van der Waals surface area (Å²) in [5.74, 6) is 1.05. The van der Waals surface area contributed by atoms with Crippen LogP contribution in [-0.4, -0.2) is 59.6 Å². The van der Waals surface area contributed by atoms with Gasteiger partial charge in [-0.2, -0.15) is 5.10 Å². The summed E-state index contributed by atoms with van der Waals surface area (Å²) in [6.45, 7) is 12.2. The number of fused-ring (bicyclic) bond motifs is 1. The summed E-state index contributed by atoms with van der Waals surface area (Å²) >= 11 is 0. The zero-order valence-electron chi connectivity index (χ0n) is 21.4. The van der Waals surface area contributed by atoms with Gasteiger partial charge in [0.1, 0.15) is 0 Å². The zero-order valence-corrected chi connectivity index (χ0v) is 21.4. The van der Waals surface area contributed by atoms with Crippen molar-refractivity contribution in [3.8, 4) is 11.3 Å². The fraction of sp³-hybridized carbons (Fsp3) is 0.464. The van der Waals surface area contributed by atoms with Crippen molar-refractivity contribution in [1.82, 2.24) is 25.7 Å². The minimum Gasteiger partial charge on any atom is -0.355 e. The van der Waals surface area contributed by atoms with E-state index < -0.39 is 0 Å². The van der Waals surface area contributed by atoms with Crippen molar-refractivity contribution in [3.05, 3.63) is 54.1 Å². The van der Waals surface area contributed by atoms with Crippen LogP contribution in [0.5, 0.6) is 0 Å². The molecule has 3 N–H and O–H groups in total. The van der Waals surface area contributed by atoms with Gasteiger partial charge in [0.15, 0.2) is 0 Å². The molecule has 0 aliphatic carbocycles. The molecule has 188 valence electrons. The van der Waals surface area contributed by atoms with Crippen LogP contribution in [0.25, 0.3) is 22.2 Å². The molecule has 0 aliphatic rings. The number of benzene rings is 2. The Morgan fingerprint density at radius 3 is 2.17 bits per heavy atom. The van der Waals surface area contributed by atoms with Gasteiger partial charge in [0.25, 0.3) is 5.91 Å². The molecule has 0 spiro atoms. The van der Waals surface area contributed by atoms with Crippen molar-refractivity contribution in [1.29, 1.82) is 0 Å². The lowest BCUT2D eigenvalue weighted by Gasteiger charge is -2.25. The second kappa shape index (κ2) is 13.0. The van der Waals surface area contributed by atoms with Gasteiger partial charge in [-0.25, -0.2) is 0 Å². The van der Waals surface area contributed by atoms with E-state index in [9.17, 15) is 9.59 Å². The third-order valence-corrected chi connectivity index (χ3v) is 5.72. The summed E-state index contributed by atoms with van der Waals surface area (Å²) < 4.78 is 0. The Balaban J connectivity index is 1.36. The largest absolute Gasteiger partial charge is 0.355 e. The highest BCUT2D eigenvalue weighted by Gasteiger charge is 2.13. The van der Waals surface area contributed by atoms with Gasteiger partial charge in [-0.1, -0.05) is 58.0 Å². The Morgan fingerprint density at radius 2 is 1.51 bits per heavy atom. The van der Waals surface area contributed by atoms with Gasteiger partial charge in [0.2, 0.25) is 5.91 Å². The third kappa shape index (κ3) is 8.21. The average Bonchev–Trinajstić information content (AvgIpc) is 3.24. The second-order valence-corrected chi connectivity index (χ2v) is 9.99. The molecule has 7 heteroatoms. The standard InChI is InChI=1S/C28H39N5O2/c1-20(2)17-33(18-21(3)4)19-26(34)29-15-7-8-16-30-28(35)23-13-11-22(12-14-23)27-24-9-5-6-10-25(24)31-32-27/h5-6,9-14,20-21H,7-8,15-19H2,1-4H3,(H,29,34)(H,30,35)(H,31,32). The topological polar surface area (TPSA) is 90.1 Å². The first kappa shape index (κ1) is 26.4. The van der Waals surface area contributed by atoms with Crippen LogP contribution < -0.4 is 10.6 Å². The number of nitrogens with one attached hydrogen (secondary N) is 3. The lowest BCUT2D eigenvalue weighted by molar-refractivity contribution is -0.122. The number of nitrogens with zero attached hydrogens (tertiary/aromatic N) is 2. The number of carbonyl (C=O) groups is 2. The van der Waals surface area contributed by atoms with E-state index in [1.165, 1.54) is 0 Å². The molecule has 35 heavy (non-hydrogen) atoms. The number of hydrogen-bond donors (Lipinski definition) is 3. The number of aromatic amines is 1. The van der Waals surface area contributed by atoms with E-state index in [1.54, 1.807) is 0 Å². The summed E-state index contributed by atoms with van der Waals surface area (Å²) in [5, 5.41) is 14.5. The normalized spacial score (nSPS) is 11.5. The van der Waals surface area contributed by atoms with E-state index in [2.05, 4.69) is 53.4 Å². The quantitative estimate of drug-likeness (QED) is 0.317. The van der Waals surface area contributed by atoms with Gasteiger partial charge in [-0.05, 0) is 42.9 Å². The minimum atomic E-state index is -0.0921. The lowest BCUT2D eigenvalue weighted by atomic mass is 10.1. The average molecular weight is 478 g/mol. The number of rotatable bonds is 13. The van der Waals surface area contributed by atoms with Gasteiger partial charge < -0.3 is 10.6 Å². The number of H-pyrrole nitrogens is 1. The monoisotopic (exact) mass is 477 g/mol. The van der Waals surface area contributed by atoms with Crippen LogP contribution in [0.15, 0.2) is 48.5 Å². The van der Waals surface area contributed by atoms with Crippen molar-refractivity contribution in [2.75, 3.05) is 32.7 Å². The summed E-state index contributed by atoms with van der Waals surface area (Å²) in [7, 11) is 0. The predicted octanol–water partition coefficient (Wildman–Crippen LogP) is 4.47. The molecule has 0 saturated carbocycles. The number of aromatic nitrogens is 2. The van der Waals surface area contributed by atoms with Gasteiger partial charge in [0, 0.05) is 42.7 Å². The van der Waals surface area contributed by atoms with Crippen molar-refractivity contribution in [2.45, 2.75) is 40.5 Å². The third-order valence-electron chi connectivity index (χ3n) is 5.72. The minimum absolute atomic E-state index is 0.0696. The number of unbranched alkanes of at least 4 members (excludes halogenated alkanes) is 1. The van der Waals surface area contributed by atoms with Crippen LogP contribution in [0.1, 0.15) is 50.9 Å². The highest BCUT2D eigenvalue weighted by molar-refractivity contribution is 5.96. The van der Waals surface area contributed by atoms with E-state index in [0.717, 1.165) is 48.1 Å². The van der Waals surface area contributed by atoms with Crippen molar-refractivity contribution < 1.29 is 9.59 Å². The molecule has 0 aliphatic heterocycles. The first-order valence-electron chi connectivity index (χ1n) is 12.6. The van der Waals surface area contributed by atoms with Crippen LogP contribution >= 0.6 is 0 Å². The lowest BCUT2D eigenvalue weighted by Crippen LogP contribution is -2.41. The maximum absolute atomic E-state index is 12.5. The maximum atomic E-state index is 12.5. The first-order chi connectivity index (χ1) is 16.8. The molecule has 0 fully saturated rings. The van der Waals surface area contributed by atoms with Gasteiger partial charge in [-0.15, -0.1) is 0 Å². The van der Waals surface area contributed by atoms with E-state index in [4.69, 9.17) is 0 Å². The molecule has 0 unspecified atom stereocenters. The van der Waals surface area contributed by atoms with Crippen LogP contribution in [0.2, 0.25) is 0 Å². The van der Waals surface area contributed by atoms with E-state index in [0.29, 0.717) is 37.0 Å². The molecule has 2 aromatic carbocycles. The molecule has 0 bridgehead atoms. The molecular weight excluding hydrogens is 438 g/mol. The Morgan fingerprint density at radius 1 is 0.886 bits per heavy atom. The first-order valence-corrected chi connectivity index (χ1v) is 12.6. The number of para-hydroxylation sites is 1. The van der Waals surface area contributed by atoms with E-state index in [-0.39, 0.29) is 11.8 Å². The van der Waals surface area contributed by atoms with Crippen LogP contribution in [0.3, 0.4) is 0 Å². The molecule has 3 aromatic rings. The van der Waals surface area contributed by atoms with Crippen molar-refractivity contribution >= 4 is 22.7 Å². The fourth-order valence-electron chi connectivity index (χ4n) is 4.24. The van der Waals surface area contributed by atoms with Crippen LogP contribution in [0.4, 0.5) is 0 Å². The SMILES string of the molecule is CC(C)CN(CC(=O)NCCCCNC(=O)c1ccc(-c2n[nH]c3ccccc23)cc1)CC(C)C. The molecule has 3 rings (SSSR count). The highest BCUT2D eigenvalue weighted by atomic mass is 16.2. The molecule has 0 saturated heterocycles. The van der Waals surface area contributed by atoms with Crippen molar-refractivity contribution in [3.63, 3.8) is 0 Å². The van der Waals surface area contributed by atoms with Gasteiger partial charge >= 0.3 is 0 Å². The zero-order chi connectivity index (χ0) is 25.2.